The molecule has 3 N–H and O–H groups in total. The standard InChI is InChI=1S/C26H38ClN6O13P/c1-4-40-25(37)42-13-44-47(39,45-14-43-26(38)41-5-2)11-17(34)32(3)10-16-19(35)20(36)23(46-16)33-12-28-18-21(29-15-8-6-7-9-15)30-24(27)31-22(18)33/h12,15-16,19-20,23,35-36H,4-11,13-14H2,1-3H3,(H,29,30,31)/t16-,19-,20-,23-/m1/s1. The number of carbonyl (C=O) groups is 3. The Morgan fingerprint density at radius 3 is 2.26 bits per heavy atom. The third-order valence-corrected chi connectivity index (χ3v) is 9.11. The number of nitrogens with zero attached hydrogens (tertiary/aromatic N) is 5. The zero-order valence-electron chi connectivity index (χ0n) is 26.0. The molecule has 1 amide bonds. The Balaban J connectivity index is 1.41. The molecule has 2 fully saturated rings. The number of anilines is 1. The number of likely N-dealkylation sites (N-methyl/N-ethyl adjacent to an activating group) is 1. The van der Waals surface area contributed by atoms with Crippen LogP contribution in [0.5, 0.6) is 0 Å². The minimum absolute atomic E-state index is 0.00546. The van der Waals surface area contributed by atoms with Crippen molar-refractivity contribution < 1.29 is 61.9 Å². The number of nitrogens with one attached hydrogen (secondary N) is 1. The molecule has 4 atom stereocenters. The summed E-state index contributed by atoms with van der Waals surface area (Å²) in [6.07, 6.45) is -2.80. The summed E-state index contributed by atoms with van der Waals surface area (Å²) in [5.74, 6) is -0.376. The largest absolute Gasteiger partial charge is 0.510 e. The van der Waals surface area contributed by atoms with Gasteiger partial charge in [-0.05, 0) is 38.3 Å². The molecule has 4 rings (SSSR count). The molecule has 0 spiro atoms. The van der Waals surface area contributed by atoms with Crippen LogP contribution in [-0.2, 0) is 42.1 Å². The summed E-state index contributed by atoms with van der Waals surface area (Å²) in [5, 5.41) is 25.1. The molecule has 1 aliphatic carbocycles. The zero-order chi connectivity index (χ0) is 34.1. The van der Waals surface area contributed by atoms with Crippen LogP contribution < -0.4 is 5.32 Å². The molecule has 3 heterocycles. The molecule has 1 aliphatic heterocycles. The Bertz CT molecular complexity index is 1420. The zero-order valence-corrected chi connectivity index (χ0v) is 27.6. The minimum atomic E-state index is -4.41. The smallest absolute Gasteiger partial charge is 0.435 e. The molecule has 19 nitrogen and oxygen atoms in total. The number of halogens is 1. The monoisotopic (exact) mass is 708 g/mol. The van der Waals surface area contributed by atoms with Crippen molar-refractivity contribution >= 4 is 54.4 Å². The molecule has 1 saturated heterocycles. The van der Waals surface area contributed by atoms with Crippen molar-refractivity contribution in [1.29, 1.82) is 0 Å². The van der Waals surface area contributed by atoms with Gasteiger partial charge in [-0.25, -0.2) is 14.6 Å². The molecule has 262 valence electrons. The summed E-state index contributed by atoms with van der Waals surface area (Å²) in [7, 11) is -3.08. The first kappa shape index (κ1) is 36.5. The van der Waals surface area contributed by atoms with Gasteiger partial charge >= 0.3 is 19.9 Å². The van der Waals surface area contributed by atoms with Gasteiger partial charge in [0.1, 0.15) is 24.5 Å². The number of aliphatic hydroxyl groups is 2. The summed E-state index contributed by atoms with van der Waals surface area (Å²) in [6.45, 7) is 0.997. The van der Waals surface area contributed by atoms with Crippen molar-refractivity contribution in [2.24, 2.45) is 0 Å². The van der Waals surface area contributed by atoms with E-state index in [-0.39, 0.29) is 36.7 Å². The van der Waals surface area contributed by atoms with Crippen molar-refractivity contribution in [2.75, 3.05) is 51.9 Å². The highest BCUT2D eigenvalue weighted by molar-refractivity contribution is 7.54. The predicted octanol–water partition coefficient (Wildman–Crippen LogP) is 2.40. The third kappa shape index (κ3) is 9.62. The van der Waals surface area contributed by atoms with Crippen molar-refractivity contribution in [3.05, 3.63) is 11.6 Å². The van der Waals surface area contributed by atoms with Gasteiger partial charge in [-0.15, -0.1) is 0 Å². The van der Waals surface area contributed by atoms with E-state index in [1.165, 1.54) is 31.8 Å². The van der Waals surface area contributed by atoms with Gasteiger partial charge in [-0.2, -0.15) is 9.97 Å². The molecule has 2 aromatic rings. The maximum Gasteiger partial charge on any atom is 0.510 e. The van der Waals surface area contributed by atoms with E-state index in [9.17, 15) is 29.2 Å². The first-order valence-corrected chi connectivity index (χ1v) is 16.9. The molecule has 2 aromatic heterocycles. The number of imidazole rings is 1. The van der Waals surface area contributed by atoms with Crippen LogP contribution >= 0.6 is 19.2 Å². The topological polar surface area (TPSA) is 232 Å². The van der Waals surface area contributed by atoms with Crippen LogP contribution in [0.25, 0.3) is 11.2 Å². The van der Waals surface area contributed by atoms with E-state index in [0.29, 0.717) is 11.3 Å². The summed E-state index contributed by atoms with van der Waals surface area (Å²) in [5.41, 5.74) is 0.661. The van der Waals surface area contributed by atoms with Crippen LogP contribution in [0, 0.1) is 0 Å². The number of amides is 1. The lowest BCUT2D eigenvalue weighted by atomic mass is 10.1. The summed E-state index contributed by atoms with van der Waals surface area (Å²) >= 11 is 6.21. The maximum absolute atomic E-state index is 13.3. The quantitative estimate of drug-likeness (QED) is 0.104. The van der Waals surface area contributed by atoms with Gasteiger partial charge in [0.15, 0.2) is 23.2 Å². The van der Waals surface area contributed by atoms with Crippen LogP contribution in [0.2, 0.25) is 5.28 Å². The number of aliphatic hydroxyl groups excluding tert-OH is 2. The fourth-order valence-corrected chi connectivity index (χ4v) is 6.39. The van der Waals surface area contributed by atoms with Gasteiger partial charge < -0.3 is 44.1 Å². The van der Waals surface area contributed by atoms with E-state index in [4.69, 9.17) is 25.4 Å². The highest BCUT2D eigenvalue weighted by Gasteiger charge is 2.45. The average Bonchev–Trinajstić information content (AvgIpc) is 3.74. The molecule has 0 unspecified atom stereocenters. The van der Waals surface area contributed by atoms with Crippen molar-refractivity contribution in [3.8, 4) is 0 Å². The highest BCUT2D eigenvalue weighted by Crippen LogP contribution is 2.48. The Kier molecular flexibility index (Phi) is 13.0. The fraction of sp³-hybridized carbons (Fsp3) is 0.692. The Morgan fingerprint density at radius 1 is 1.04 bits per heavy atom. The number of carbonyl (C=O) groups excluding carboxylic acids is 3. The lowest BCUT2D eigenvalue weighted by molar-refractivity contribution is -0.130. The molecule has 0 bridgehead atoms. The van der Waals surface area contributed by atoms with E-state index >= 15 is 0 Å². The van der Waals surface area contributed by atoms with Gasteiger partial charge in [0, 0.05) is 19.6 Å². The second kappa shape index (κ2) is 16.7. The second-order valence-corrected chi connectivity index (χ2v) is 12.9. The van der Waals surface area contributed by atoms with Crippen LogP contribution in [0.15, 0.2) is 6.33 Å². The Labute approximate surface area is 274 Å². The molecule has 47 heavy (non-hydrogen) atoms. The van der Waals surface area contributed by atoms with Crippen LogP contribution in [0.3, 0.4) is 0 Å². The Morgan fingerprint density at radius 2 is 1.66 bits per heavy atom. The van der Waals surface area contributed by atoms with Gasteiger partial charge in [0.2, 0.25) is 24.8 Å². The van der Waals surface area contributed by atoms with Gasteiger partial charge in [-0.1, -0.05) is 12.8 Å². The van der Waals surface area contributed by atoms with Crippen molar-refractivity contribution in [3.63, 3.8) is 0 Å². The normalized spacial score (nSPS) is 21.5. The summed E-state index contributed by atoms with van der Waals surface area (Å²) < 4.78 is 49.3. The third-order valence-electron chi connectivity index (χ3n) is 7.29. The molecule has 0 aromatic carbocycles. The van der Waals surface area contributed by atoms with E-state index in [0.717, 1.165) is 30.6 Å². The van der Waals surface area contributed by atoms with Crippen LogP contribution in [0.1, 0.15) is 45.8 Å². The number of rotatable bonds is 15. The van der Waals surface area contributed by atoms with Crippen molar-refractivity contribution in [1.82, 2.24) is 24.4 Å². The number of hydrogen-bond acceptors (Lipinski definition) is 17. The second-order valence-electron chi connectivity index (χ2n) is 10.5. The number of ether oxygens (including phenoxy) is 5. The molecule has 0 radical (unpaired) electrons. The van der Waals surface area contributed by atoms with Gasteiger partial charge in [-0.3, -0.25) is 23.0 Å². The molecule has 2 aliphatic rings. The molecule has 21 heteroatoms. The van der Waals surface area contributed by atoms with Gasteiger partial charge in [0.25, 0.3) is 0 Å². The summed E-state index contributed by atoms with van der Waals surface area (Å²) in [6, 6.07) is 0.211. The Hall–Kier alpha value is -3.32. The number of fused-ring (bicyclic) bond motifs is 1. The van der Waals surface area contributed by atoms with E-state index in [1.807, 2.05) is 0 Å². The van der Waals surface area contributed by atoms with E-state index in [1.54, 1.807) is 0 Å². The molecule has 1 saturated carbocycles. The fourth-order valence-electron chi connectivity index (χ4n) is 4.97. The first-order chi connectivity index (χ1) is 22.4. The number of hydrogen-bond donors (Lipinski definition) is 3. The lowest BCUT2D eigenvalue weighted by Crippen LogP contribution is -2.41. The van der Waals surface area contributed by atoms with E-state index < -0.39 is 70.1 Å². The summed E-state index contributed by atoms with van der Waals surface area (Å²) in [4.78, 5) is 50.1. The molecular formula is C26H38ClN6O13P. The predicted molar refractivity (Wildman–Crippen MR) is 160 cm³/mol. The molecular weight excluding hydrogens is 671 g/mol. The maximum atomic E-state index is 13.3. The number of aromatic nitrogens is 4. The SMILES string of the molecule is CCOC(=O)OCOP(=O)(CC(=O)N(C)C[C@H]1O[C@@H](n2cnc3c(NC4CCCC4)nc(Cl)nc32)[C@H](O)[C@@H]1O)OCOC(=O)OCC. The first-order valence-electron chi connectivity index (χ1n) is 14.8. The van der Waals surface area contributed by atoms with E-state index in [2.05, 4.69) is 39.2 Å². The van der Waals surface area contributed by atoms with Crippen molar-refractivity contribution in [2.45, 2.75) is 70.1 Å². The van der Waals surface area contributed by atoms with Crippen LogP contribution in [-0.4, -0.2) is 124 Å². The lowest BCUT2D eigenvalue weighted by Gasteiger charge is -2.25. The van der Waals surface area contributed by atoms with Crippen LogP contribution in [0.4, 0.5) is 15.4 Å². The minimum Gasteiger partial charge on any atom is -0.435 e. The average molecular weight is 709 g/mol. The highest BCUT2D eigenvalue weighted by atomic mass is 35.5. The van der Waals surface area contributed by atoms with Gasteiger partial charge in [0.05, 0.1) is 19.5 Å².